The van der Waals surface area contributed by atoms with Crippen LogP contribution in [0.2, 0.25) is 0 Å². The highest BCUT2D eigenvalue weighted by molar-refractivity contribution is 7.90. The third kappa shape index (κ3) is 3.74. The Morgan fingerprint density at radius 1 is 1.19 bits per heavy atom. The van der Waals surface area contributed by atoms with Gasteiger partial charge < -0.3 is 4.90 Å². The Hall–Kier alpha value is -1.97. The predicted molar refractivity (Wildman–Crippen MR) is 103 cm³/mol. The molecule has 1 aliphatic heterocycles. The highest BCUT2D eigenvalue weighted by atomic mass is 32.2. The van der Waals surface area contributed by atoms with Crippen LogP contribution < -0.4 is 4.90 Å². The summed E-state index contributed by atoms with van der Waals surface area (Å²) in [4.78, 5) is 15.0. The van der Waals surface area contributed by atoms with E-state index >= 15 is 0 Å². The van der Waals surface area contributed by atoms with Crippen molar-refractivity contribution in [3.8, 4) is 0 Å². The molecule has 7 nitrogen and oxygen atoms in total. The number of benzene rings is 1. The van der Waals surface area contributed by atoms with Crippen LogP contribution in [0.25, 0.3) is 0 Å². The number of piperazine rings is 1. The number of nitro groups is 1. The maximum absolute atomic E-state index is 11.9. The first-order valence-corrected chi connectivity index (χ1v) is 11.1. The van der Waals surface area contributed by atoms with Crippen LogP contribution in [0.4, 0.5) is 11.4 Å². The number of nitrogens with zero attached hydrogens (tertiary/aromatic N) is 3. The van der Waals surface area contributed by atoms with E-state index in [0.717, 1.165) is 19.3 Å². The molecule has 0 bridgehead atoms. The Balaban J connectivity index is 1.83. The first-order valence-electron chi connectivity index (χ1n) is 8.27. The van der Waals surface area contributed by atoms with Gasteiger partial charge >= 0.3 is 5.69 Å². The molecule has 1 fully saturated rings. The average Bonchev–Trinajstić information content (AvgIpc) is 3.14. The molecule has 1 aromatic heterocycles. The molecule has 26 heavy (non-hydrogen) atoms. The minimum atomic E-state index is -3.67. The minimum Gasteiger partial charge on any atom is -0.363 e. The highest BCUT2D eigenvalue weighted by Crippen LogP contribution is 2.35. The molecule has 2 aromatic rings. The van der Waals surface area contributed by atoms with Gasteiger partial charge in [-0.1, -0.05) is 6.07 Å². The van der Waals surface area contributed by atoms with Crippen LogP contribution in [0.15, 0.2) is 39.9 Å². The number of para-hydroxylation sites is 1. The molecule has 9 heteroatoms. The lowest BCUT2D eigenvalue weighted by atomic mass is 10.1. The standard InChI is InChI=1S/C17H21N3O4S2/c1-13(14-6-11-25-12-14)18-7-9-19(10-8-18)15-4-3-5-16(26(2,23)24)17(15)20(21)22/h3-6,11-13H,7-10H2,1-2H3. The molecule has 1 aliphatic rings. The Morgan fingerprint density at radius 3 is 2.42 bits per heavy atom. The quantitative estimate of drug-likeness (QED) is 0.572. The summed E-state index contributed by atoms with van der Waals surface area (Å²) in [5, 5.41) is 15.8. The van der Waals surface area contributed by atoms with Crippen molar-refractivity contribution in [2.75, 3.05) is 37.3 Å². The van der Waals surface area contributed by atoms with Gasteiger partial charge in [0.2, 0.25) is 0 Å². The summed E-state index contributed by atoms with van der Waals surface area (Å²) >= 11 is 1.67. The van der Waals surface area contributed by atoms with Crippen LogP contribution in [-0.2, 0) is 9.84 Å². The van der Waals surface area contributed by atoms with Crippen LogP contribution in [-0.4, -0.2) is 50.7 Å². The summed E-state index contributed by atoms with van der Waals surface area (Å²) in [5.74, 6) is 0. The van der Waals surface area contributed by atoms with E-state index in [0.29, 0.717) is 24.8 Å². The molecule has 2 heterocycles. The van der Waals surface area contributed by atoms with Crippen molar-refractivity contribution in [1.82, 2.24) is 4.90 Å². The molecule has 140 valence electrons. The Bertz CT molecular complexity index is 889. The maximum Gasteiger partial charge on any atom is 0.311 e. The SMILES string of the molecule is CC(c1ccsc1)N1CCN(c2cccc(S(C)(=O)=O)c2[N+](=O)[O-])CC1. The van der Waals surface area contributed by atoms with Gasteiger partial charge in [-0.25, -0.2) is 8.42 Å². The average molecular weight is 396 g/mol. The topological polar surface area (TPSA) is 83.8 Å². The zero-order valence-electron chi connectivity index (χ0n) is 14.7. The Morgan fingerprint density at radius 2 is 1.88 bits per heavy atom. The maximum atomic E-state index is 11.9. The van der Waals surface area contributed by atoms with Gasteiger partial charge in [0.1, 0.15) is 10.6 Å². The number of thiophene rings is 1. The van der Waals surface area contributed by atoms with Gasteiger partial charge in [0.25, 0.3) is 0 Å². The molecule has 1 atom stereocenters. The third-order valence-electron chi connectivity index (χ3n) is 4.79. The van der Waals surface area contributed by atoms with Crippen molar-refractivity contribution in [2.24, 2.45) is 0 Å². The second kappa shape index (κ2) is 7.34. The van der Waals surface area contributed by atoms with Gasteiger partial charge in [0, 0.05) is 38.5 Å². The Labute approximate surface area is 156 Å². The van der Waals surface area contributed by atoms with Crippen LogP contribution >= 0.6 is 11.3 Å². The summed E-state index contributed by atoms with van der Waals surface area (Å²) in [7, 11) is -3.67. The van der Waals surface area contributed by atoms with Crippen molar-refractivity contribution in [3.05, 3.63) is 50.7 Å². The largest absolute Gasteiger partial charge is 0.363 e. The second-order valence-electron chi connectivity index (χ2n) is 6.41. The van der Waals surface area contributed by atoms with E-state index in [-0.39, 0.29) is 10.6 Å². The van der Waals surface area contributed by atoms with Crippen LogP contribution in [0, 0.1) is 10.1 Å². The molecule has 1 aromatic carbocycles. The lowest BCUT2D eigenvalue weighted by molar-refractivity contribution is -0.387. The monoisotopic (exact) mass is 395 g/mol. The summed E-state index contributed by atoms with van der Waals surface area (Å²) in [6.45, 7) is 4.91. The van der Waals surface area contributed by atoms with Gasteiger partial charge in [-0.05, 0) is 41.4 Å². The molecule has 1 unspecified atom stereocenters. The van der Waals surface area contributed by atoms with Crippen LogP contribution in [0.5, 0.6) is 0 Å². The first-order chi connectivity index (χ1) is 12.3. The molecule has 0 aliphatic carbocycles. The van der Waals surface area contributed by atoms with Crippen molar-refractivity contribution in [2.45, 2.75) is 17.9 Å². The molecular weight excluding hydrogens is 374 g/mol. The minimum absolute atomic E-state index is 0.228. The number of hydrogen-bond donors (Lipinski definition) is 0. The highest BCUT2D eigenvalue weighted by Gasteiger charge is 2.31. The Kier molecular flexibility index (Phi) is 5.31. The zero-order valence-corrected chi connectivity index (χ0v) is 16.3. The van der Waals surface area contributed by atoms with Gasteiger partial charge in [-0.15, -0.1) is 0 Å². The second-order valence-corrected chi connectivity index (χ2v) is 9.17. The van der Waals surface area contributed by atoms with Crippen molar-refractivity contribution in [3.63, 3.8) is 0 Å². The molecule has 0 amide bonds. The fourth-order valence-corrected chi connectivity index (χ4v) is 4.93. The van der Waals surface area contributed by atoms with Crippen LogP contribution in [0.1, 0.15) is 18.5 Å². The molecular formula is C17H21N3O4S2. The lowest BCUT2D eigenvalue weighted by Gasteiger charge is -2.38. The molecule has 1 saturated heterocycles. The molecule has 0 radical (unpaired) electrons. The lowest BCUT2D eigenvalue weighted by Crippen LogP contribution is -2.47. The fourth-order valence-electron chi connectivity index (χ4n) is 3.32. The van der Waals surface area contributed by atoms with E-state index in [4.69, 9.17) is 0 Å². The number of nitro benzene ring substituents is 1. The van der Waals surface area contributed by atoms with Crippen molar-refractivity contribution in [1.29, 1.82) is 0 Å². The predicted octanol–water partition coefficient (Wildman–Crippen LogP) is 2.94. The van der Waals surface area contributed by atoms with Gasteiger partial charge in [0.05, 0.1) is 4.92 Å². The van der Waals surface area contributed by atoms with Crippen molar-refractivity contribution >= 4 is 32.5 Å². The summed E-state index contributed by atoms with van der Waals surface area (Å²) in [6, 6.07) is 6.90. The van der Waals surface area contributed by atoms with Crippen LogP contribution in [0.3, 0.4) is 0 Å². The van der Waals surface area contributed by atoms with E-state index in [1.54, 1.807) is 23.5 Å². The zero-order chi connectivity index (χ0) is 18.9. The van der Waals surface area contributed by atoms with E-state index in [1.165, 1.54) is 11.6 Å². The van der Waals surface area contributed by atoms with Crippen molar-refractivity contribution < 1.29 is 13.3 Å². The molecule has 0 spiro atoms. The first kappa shape index (κ1) is 18.8. The number of sulfone groups is 1. The van der Waals surface area contributed by atoms with E-state index in [1.807, 2.05) is 4.90 Å². The number of rotatable bonds is 5. The molecule has 3 rings (SSSR count). The normalized spacial score (nSPS) is 17.2. The number of anilines is 1. The summed E-state index contributed by atoms with van der Waals surface area (Å²) < 4.78 is 23.9. The number of hydrogen-bond acceptors (Lipinski definition) is 7. The van der Waals surface area contributed by atoms with E-state index < -0.39 is 14.8 Å². The smallest absolute Gasteiger partial charge is 0.311 e. The molecule has 0 saturated carbocycles. The van der Waals surface area contributed by atoms with Gasteiger partial charge in [-0.2, -0.15) is 11.3 Å². The van der Waals surface area contributed by atoms with E-state index in [2.05, 4.69) is 28.7 Å². The van der Waals surface area contributed by atoms with Gasteiger partial charge in [0.15, 0.2) is 9.84 Å². The third-order valence-corrected chi connectivity index (χ3v) is 6.62. The van der Waals surface area contributed by atoms with Gasteiger partial charge in [-0.3, -0.25) is 15.0 Å². The summed E-state index contributed by atoms with van der Waals surface area (Å²) in [6.07, 6.45) is 1.000. The molecule has 0 N–H and O–H groups in total. The fraction of sp³-hybridized carbons (Fsp3) is 0.412. The summed E-state index contributed by atoms with van der Waals surface area (Å²) in [5.41, 5.74) is 1.32. The van der Waals surface area contributed by atoms with E-state index in [9.17, 15) is 18.5 Å².